The van der Waals surface area contributed by atoms with Crippen LogP contribution in [-0.4, -0.2) is 30.6 Å². The zero-order valence-corrected chi connectivity index (χ0v) is 16.7. The van der Waals surface area contributed by atoms with Crippen molar-refractivity contribution in [2.24, 2.45) is 0 Å². The summed E-state index contributed by atoms with van der Waals surface area (Å²) >= 11 is 6.78. The molecule has 28 heavy (non-hydrogen) atoms. The lowest BCUT2D eigenvalue weighted by Gasteiger charge is -2.30. The largest absolute Gasteiger partial charge is 0.490 e. The van der Waals surface area contributed by atoms with Gasteiger partial charge >= 0.3 is 5.97 Å². The number of thiocarbonyl (C=S) groups is 1. The number of hydrogen-bond acceptors (Lipinski definition) is 6. The van der Waals surface area contributed by atoms with Crippen LogP contribution in [0.2, 0.25) is 0 Å². The average Bonchev–Trinajstić information content (AvgIpc) is 3.25. The van der Waals surface area contributed by atoms with Crippen molar-refractivity contribution in [3.05, 3.63) is 70.4 Å². The topological polar surface area (TPSA) is 76.7 Å². The lowest BCUT2D eigenvalue weighted by Crippen LogP contribution is -2.45. The lowest BCUT2D eigenvalue weighted by atomic mass is 9.91. The lowest BCUT2D eigenvalue weighted by molar-refractivity contribution is -0.150. The molecular formula is C20H18N2O4S2. The standard InChI is InChI=1S/C20H18N2O4S2/c1-3-9-26-13-7-4-6-12(11-13)16-15(18(23)19(24)25-2)17(22-20(27)21-16)14-8-5-10-28-14/h3-8,10-11,16H,1,9H2,2H3,(H2,21,22,27)/t16-/m1/s1. The minimum atomic E-state index is -0.940. The number of benzene rings is 1. The fraction of sp³-hybridized carbons (Fsp3) is 0.150. The Kier molecular flexibility index (Phi) is 6.23. The Morgan fingerprint density at radius 2 is 2.14 bits per heavy atom. The molecule has 0 spiro atoms. The van der Waals surface area contributed by atoms with Gasteiger partial charge in [-0.1, -0.05) is 30.9 Å². The molecule has 1 aliphatic rings. The fourth-order valence-electron chi connectivity index (χ4n) is 2.82. The fourth-order valence-corrected chi connectivity index (χ4v) is 3.78. The van der Waals surface area contributed by atoms with Gasteiger partial charge in [0.1, 0.15) is 12.4 Å². The maximum Gasteiger partial charge on any atom is 0.379 e. The summed E-state index contributed by atoms with van der Waals surface area (Å²) in [6.07, 6.45) is 1.64. The van der Waals surface area contributed by atoms with Crippen LogP contribution >= 0.6 is 23.6 Å². The quantitative estimate of drug-likeness (QED) is 0.312. The van der Waals surface area contributed by atoms with E-state index in [1.54, 1.807) is 18.2 Å². The second-order valence-electron chi connectivity index (χ2n) is 5.79. The van der Waals surface area contributed by atoms with E-state index in [0.717, 1.165) is 10.4 Å². The first-order valence-corrected chi connectivity index (χ1v) is 9.65. The Morgan fingerprint density at radius 3 is 2.82 bits per heavy atom. The van der Waals surface area contributed by atoms with E-state index in [4.69, 9.17) is 17.0 Å². The Balaban J connectivity index is 2.13. The number of thiophene rings is 1. The van der Waals surface area contributed by atoms with E-state index in [-0.39, 0.29) is 5.57 Å². The van der Waals surface area contributed by atoms with Crippen LogP contribution in [0, 0.1) is 0 Å². The minimum absolute atomic E-state index is 0.240. The molecule has 2 heterocycles. The van der Waals surface area contributed by atoms with E-state index >= 15 is 0 Å². The zero-order chi connectivity index (χ0) is 20.1. The molecule has 0 bridgehead atoms. The number of carbonyl (C=O) groups is 2. The van der Waals surface area contributed by atoms with Crippen LogP contribution in [0.3, 0.4) is 0 Å². The van der Waals surface area contributed by atoms with Crippen molar-refractivity contribution >= 4 is 46.1 Å². The van der Waals surface area contributed by atoms with Crippen LogP contribution in [0.4, 0.5) is 0 Å². The predicted molar refractivity (Wildman–Crippen MR) is 112 cm³/mol. The molecule has 0 fully saturated rings. The molecule has 1 aromatic carbocycles. The van der Waals surface area contributed by atoms with Crippen molar-refractivity contribution in [1.82, 2.24) is 10.6 Å². The van der Waals surface area contributed by atoms with Gasteiger partial charge in [0.05, 0.1) is 29.3 Å². The number of ether oxygens (including phenoxy) is 2. The summed E-state index contributed by atoms with van der Waals surface area (Å²) in [4.78, 5) is 25.7. The van der Waals surface area contributed by atoms with Crippen LogP contribution < -0.4 is 15.4 Å². The minimum Gasteiger partial charge on any atom is -0.490 e. The molecule has 3 rings (SSSR count). The van der Waals surface area contributed by atoms with E-state index in [2.05, 4.69) is 21.9 Å². The monoisotopic (exact) mass is 414 g/mol. The number of esters is 1. The summed E-state index contributed by atoms with van der Waals surface area (Å²) in [5.74, 6) is -1.06. The second kappa shape index (κ2) is 8.81. The van der Waals surface area contributed by atoms with E-state index in [1.807, 2.05) is 29.6 Å². The van der Waals surface area contributed by atoms with Crippen molar-refractivity contribution in [2.75, 3.05) is 13.7 Å². The molecule has 1 atom stereocenters. The van der Waals surface area contributed by atoms with Gasteiger partial charge in [-0.15, -0.1) is 11.3 Å². The highest BCUT2D eigenvalue weighted by molar-refractivity contribution is 7.80. The third-order valence-electron chi connectivity index (χ3n) is 4.01. The number of rotatable bonds is 7. The van der Waals surface area contributed by atoms with Crippen molar-refractivity contribution in [3.8, 4) is 5.75 Å². The normalized spacial score (nSPS) is 16.0. The molecule has 2 aromatic rings. The number of methoxy groups -OCH3 is 1. The molecule has 0 saturated heterocycles. The first-order valence-electron chi connectivity index (χ1n) is 8.37. The average molecular weight is 415 g/mol. The van der Waals surface area contributed by atoms with Crippen molar-refractivity contribution < 1.29 is 19.1 Å². The number of hydrogen-bond donors (Lipinski definition) is 2. The number of Topliss-reactive ketones (excluding diaryl/α,β-unsaturated/α-hetero) is 1. The Bertz CT molecular complexity index is 951. The second-order valence-corrected chi connectivity index (χ2v) is 7.15. The first-order chi connectivity index (χ1) is 13.5. The van der Waals surface area contributed by atoms with Crippen molar-refractivity contribution in [1.29, 1.82) is 0 Å². The van der Waals surface area contributed by atoms with Gasteiger partial charge in [-0.2, -0.15) is 0 Å². The van der Waals surface area contributed by atoms with Gasteiger partial charge in [0, 0.05) is 0 Å². The summed E-state index contributed by atoms with van der Waals surface area (Å²) in [5, 5.41) is 8.33. The van der Waals surface area contributed by atoms with Crippen LogP contribution in [0.1, 0.15) is 16.5 Å². The molecule has 1 aromatic heterocycles. The summed E-state index contributed by atoms with van der Waals surface area (Å²) in [5.41, 5.74) is 1.46. The molecule has 1 aliphatic heterocycles. The molecule has 6 nitrogen and oxygen atoms in total. The third kappa shape index (κ3) is 4.13. The predicted octanol–water partition coefficient (Wildman–Crippen LogP) is 2.99. The third-order valence-corrected chi connectivity index (χ3v) is 5.12. The summed E-state index contributed by atoms with van der Waals surface area (Å²) in [7, 11) is 1.18. The van der Waals surface area contributed by atoms with E-state index in [9.17, 15) is 9.59 Å². The van der Waals surface area contributed by atoms with Crippen LogP contribution in [0.15, 0.2) is 60.0 Å². The summed E-state index contributed by atoms with van der Waals surface area (Å²) in [6, 6.07) is 10.3. The van der Waals surface area contributed by atoms with Crippen molar-refractivity contribution in [2.45, 2.75) is 6.04 Å². The Hall–Kier alpha value is -2.97. The molecule has 0 saturated carbocycles. The van der Waals surface area contributed by atoms with Gasteiger partial charge in [-0.25, -0.2) is 4.79 Å². The highest BCUT2D eigenvalue weighted by Gasteiger charge is 2.36. The molecule has 0 amide bonds. The summed E-state index contributed by atoms with van der Waals surface area (Å²) < 4.78 is 10.3. The molecule has 0 radical (unpaired) electrons. The number of ketones is 1. The Labute approximate surface area is 171 Å². The Morgan fingerprint density at radius 1 is 1.32 bits per heavy atom. The van der Waals surface area contributed by atoms with Crippen LogP contribution in [0.25, 0.3) is 5.70 Å². The van der Waals surface area contributed by atoms with Gasteiger partial charge in [0.25, 0.3) is 5.78 Å². The van der Waals surface area contributed by atoms with Gasteiger partial charge in [-0.05, 0) is 41.4 Å². The highest BCUT2D eigenvalue weighted by Crippen LogP contribution is 2.34. The van der Waals surface area contributed by atoms with Gasteiger partial charge < -0.3 is 20.1 Å². The highest BCUT2D eigenvalue weighted by atomic mass is 32.1. The van der Waals surface area contributed by atoms with Gasteiger partial charge in [0.2, 0.25) is 0 Å². The van der Waals surface area contributed by atoms with Crippen LogP contribution in [-0.2, 0) is 14.3 Å². The van der Waals surface area contributed by atoms with Crippen LogP contribution in [0.5, 0.6) is 5.75 Å². The molecular weight excluding hydrogens is 396 g/mol. The maximum atomic E-state index is 12.9. The summed E-state index contributed by atoms with van der Waals surface area (Å²) in [6.45, 7) is 3.99. The van der Waals surface area contributed by atoms with Gasteiger partial charge in [-0.3, -0.25) is 4.79 Å². The smallest absolute Gasteiger partial charge is 0.379 e. The van der Waals surface area contributed by atoms with E-state index in [1.165, 1.54) is 18.4 Å². The van der Waals surface area contributed by atoms with Gasteiger partial charge in [0.15, 0.2) is 5.11 Å². The molecule has 144 valence electrons. The zero-order valence-electron chi connectivity index (χ0n) is 15.1. The molecule has 0 aliphatic carbocycles. The number of carbonyl (C=O) groups excluding carboxylic acids is 2. The first kappa shape index (κ1) is 19.8. The number of nitrogens with one attached hydrogen (secondary N) is 2. The van der Waals surface area contributed by atoms with E-state index < -0.39 is 17.8 Å². The van der Waals surface area contributed by atoms with Crippen molar-refractivity contribution in [3.63, 3.8) is 0 Å². The maximum absolute atomic E-state index is 12.9. The molecule has 0 unspecified atom stereocenters. The van der Waals surface area contributed by atoms with E-state index in [0.29, 0.717) is 23.2 Å². The molecule has 8 heteroatoms. The molecule has 2 N–H and O–H groups in total. The SMILES string of the molecule is C=CCOc1cccc([C@H]2NC(=S)NC(c3cccs3)=C2C(=O)C(=O)OC)c1.